The summed E-state index contributed by atoms with van der Waals surface area (Å²) in [5.41, 5.74) is 0.567. The first-order chi connectivity index (χ1) is 11.4. The molecule has 0 bridgehead atoms. The minimum Gasteiger partial charge on any atom is -0.492 e. The molecular formula is C13H15N5O5S. The maximum absolute atomic E-state index is 10.6. The highest BCUT2D eigenvalue weighted by atomic mass is 32.1. The van der Waals surface area contributed by atoms with Gasteiger partial charge in [-0.05, 0) is 23.7 Å². The summed E-state index contributed by atoms with van der Waals surface area (Å²) in [7, 11) is 0. The number of nitro benzene ring substituents is 1. The van der Waals surface area contributed by atoms with E-state index in [-0.39, 0.29) is 29.5 Å². The average Bonchev–Trinajstić information content (AvgIpc) is 2.93. The minimum atomic E-state index is -1.04. The third-order valence-electron chi connectivity index (χ3n) is 2.99. The second-order valence-electron chi connectivity index (χ2n) is 4.73. The van der Waals surface area contributed by atoms with Crippen LogP contribution in [0, 0.1) is 15.5 Å². The molecular weight excluding hydrogens is 338 g/mol. The van der Waals surface area contributed by atoms with Gasteiger partial charge in [0.15, 0.2) is 0 Å². The van der Waals surface area contributed by atoms with Crippen molar-refractivity contribution in [1.82, 2.24) is 9.69 Å². The lowest BCUT2D eigenvalue weighted by molar-refractivity contribution is -0.384. The van der Waals surface area contributed by atoms with Crippen LogP contribution < -0.4 is 10.6 Å². The number of aliphatic hydroxyl groups is 2. The number of aliphatic hydroxyl groups excluding tert-OH is 2. The molecule has 6 N–H and O–H groups in total. The normalized spacial score (nSPS) is 11.8. The molecule has 1 heterocycles. The maximum atomic E-state index is 10.6. The summed E-state index contributed by atoms with van der Waals surface area (Å²) in [5.74, 6) is -0.543. The summed E-state index contributed by atoms with van der Waals surface area (Å²) < 4.78 is 3.76. The largest absolute Gasteiger partial charge is 0.492 e. The number of benzene rings is 1. The fourth-order valence-electron chi connectivity index (χ4n) is 1.76. The molecule has 1 aromatic carbocycles. The lowest BCUT2D eigenvalue weighted by Crippen LogP contribution is -2.34. The van der Waals surface area contributed by atoms with Crippen LogP contribution in [-0.4, -0.2) is 49.7 Å². The van der Waals surface area contributed by atoms with Gasteiger partial charge in [-0.25, -0.2) is 0 Å². The van der Waals surface area contributed by atoms with E-state index >= 15 is 0 Å². The van der Waals surface area contributed by atoms with Gasteiger partial charge in [0.25, 0.3) is 5.69 Å². The molecule has 24 heavy (non-hydrogen) atoms. The monoisotopic (exact) mass is 353 g/mol. The zero-order valence-corrected chi connectivity index (χ0v) is 13.1. The van der Waals surface area contributed by atoms with Crippen LogP contribution >= 0.6 is 11.5 Å². The van der Waals surface area contributed by atoms with Gasteiger partial charge in [-0.1, -0.05) is 0 Å². The number of amidine groups is 1. The number of nitrogens with one attached hydrogen (secondary N) is 3. The Balaban J connectivity index is 2.14. The summed E-state index contributed by atoms with van der Waals surface area (Å²) in [6.07, 6.45) is -1.04. The summed E-state index contributed by atoms with van der Waals surface area (Å²) in [6.45, 7) is -0.524. The van der Waals surface area contributed by atoms with Gasteiger partial charge < -0.3 is 26.0 Å². The maximum Gasteiger partial charge on any atom is 0.269 e. The van der Waals surface area contributed by atoms with E-state index in [2.05, 4.69) is 15.0 Å². The first-order valence-corrected chi connectivity index (χ1v) is 7.51. The number of hydrogen-bond donors (Lipinski definition) is 6. The second-order valence-corrected chi connectivity index (χ2v) is 5.50. The van der Waals surface area contributed by atoms with Crippen LogP contribution in [-0.2, 0) is 0 Å². The van der Waals surface area contributed by atoms with Crippen LogP contribution in [0.5, 0.6) is 5.88 Å². The Morgan fingerprint density at radius 2 is 2.08 bits per heavy atom. The lowest BCUT2D eigenvalue weighted by Gasteiger charge is -2.12. The zero-order chi connectivity index (χ0) is 17.7. The Kier molecular flexibility index (Phi) is 5.63. The highest BCUT2D eigenvalue weighted by Crippen LogP contribution is 2.32. The number of anilines is 2. The average molecular weight is 353 g/mol. The number of hydrogen-bond acceptors (Lipinski definition) is 9. The molecule has 10 nitrogen and oxygen atoms in total. The van der Waals surface area contributed by atoms with Gasteiger partial charge in [-0.2, -0.15) is 4.37 Å². The number of rotatable bonds is 7. The fraction of sp³-hybridized carbons (Fsp3) is 0.231. The Hall–Kier alpha value is -2.76. The molecule has 2 aromatic rings. The van der Waals surface area contributed by atoms with Gasteiger partial charge in [-0.3, -0.25) is 15.5 Å². The van der Waals surface area contributed by atoms with Crippen LogP contribution in [0.2, 0.25) is 0 Å². The Morgan fingerprint density at radius 1 is 1.42 bits per heavy atom. The van der Waals surface area contributed by atoms with Crippen LogP contribution in [0.3, 0.4) is 0 Å². The quantitative estimate of drug-likeness (QED) is 0.184. The van der Waals surface area contributed by atoms with Crippen molar-refractivity contribution in [1.29, 1.82) is 5.41 Å². The van der Waals surface area contributed by atoms with Crippen molar-refractivity contribution in [3.05, 3.63) is 39.9 Å². The van der Waals surface area contributed by atoms with Gasteiger partial charge in [-0.15, -0.1) is 0 Å². The van der Waals surface area contributed by atoms with Crippen LogP contribution in [0.1, 0.15) is 5.56 Å². The van der Waals surface area contributed by atoms with Gasteiger partial charge in [0.05, 0.1) is 17.6 Å². The van der Waals surface area contributed by atoms with Crippen LogP contribution in [0.25, 0.3) is 0 Å². The number of aromatic hydroxyl groups is 1. The molecule has 0 aliphatic carbocycles. The molecule has 11 heteroatoms. The number of non-ortho nitro benzene ring substituents is 1. The predicted molar refractivity (Wildman–Crippen MR) is 88.1 cm³/mol. The van der Waals surface area contributed by atoms with E-state index in [9.17, 15) is 20.3 Å². The number of aromatic nitrogens is 1. The van der Waals surface area contributed by atoms with Crippen molar-refractivity contribution < 1.29 is 20.2 Å². The van der Waals surface area contributed by atoms with E-state index in [1.165, 1.54) is 24.3 Å². The van der Waals surface area contributed by atoms with E-state index in [0.29, 0.717) is 10.7 Å². The molecule has 0 saturated carbocycles. The summed E-state index contributed by atoms with van der Waals surface area (Å²) in [5, 5.41) is 52.3. The zero-order valence-electron chi connectivity index (χ0n) is 12.3. The Morgan fingerprint density at radius 3 is 2.67 bits per heavy atom. The molecule has 128 valence electrons. The molecule has 1 aromatic heterocycles. The summed E-state index contributed by atoms with van der Waals surface area (Å²) in [4.78, 5) is 10.1. The molecule has 0 aliphatic rings. The van der Waals surface area contributed by atoms with Gasteiger partial charge in [0.2, 0.25) is 5.88 Å². The number of nitrogens with zero attached hydrogens (tertiary/aromatic N) is 2. The van der Waals surface area contributed by atoms with Gasteiger partial charge in [0.1, 0.15) is 16.4 Å². The third kappa shape index (κ3) is 4.16. The lowest BCUT2D eigenvalue weighted by atomic mass is 10.2. The van der Waals surface area contributed by atoms with Crippen molar-refractivity contribution in [2.24, 2.45) is 0 Å². The van der Waals surface area contributed by atoms with Crippen molar-refractivity contribution in [2.45, 2.75) is 6.10 Å². The highest BCUT2D eigenvalue weighted by Gasteiger charge is 2.19. The van der Waals surface area contributed by atoms with Crippen LogP contribution in [0.15, 0.2) is 24.3 Å². The van der Waals surface area contributed by atoms with Gasteiger partial charge in [0, 0.05) is 24.4 Å². The molecule has 0 fully saturated rings. The fourth-order valence-corrected chi connectivity index (χ4v) is 2.48. The minimum absolute atomic E-state index is 0.0553. The van der Waals surface area contributed by atoms with E-state index in [1.54, 1.807) is 0 Å². The predicted octanol–water partition coefficient (Wildman–Crippen LogP) is 0.769. The standard InChI is InChI=1S/C13H15N5O5S/c14-11(15-5-9(20)6-19)10-12(21)17-24-13(10)16-7-1-3-8(4-2-7)18(22)23/h1-4,9,16,19-20H,5-6H2,(H2,14,15)(H,17,21). The van der Waals surface area contributed by atoms with Gasteiger partial charge >= 0.3 is 0 Å². The SMILES string of the molecule is N=C(NCC(O)CO)c1c(O)nsc1Nc1ccc([N+](=O)[O-])cc1. The smallest absolute Gasteiger partial charge is 0.269 e. The van der Waals surface area contributed by atoms with Crippen molar-refractivity contribution in [2.75, 3.05) is 18.5 Å². The van der Waals surface area contributed by atoms with Crippen molar-refractivity contribution in [3.8, 4) is 5.88 Å². The molecule has 0 amide bonds. The third-order valence-corrected chi connectivity index (χ3v) is 3.74. The second kappa shape index (κ2) is 7.68. The van der Waals surface area contributed by atoms with E-state index in [4.69, 9.17) is 10.5 Å². The summed E-state index contributed by atoms with van der Waals surface area (Å²) >= 11 is 0.912. The van der Waals surface area contributed by atoms with E-state index in [0.717, 1.165) is 11.5 Å². The number of nitro groups is 1. The van der Waals surface area contributed by atoms with Crippen LogP contribution in [0.4, 0.5) is 16.4 Å². The van der Waals surface area contributed by atoms with E-state index in [1.807, 2.05) is 0 Å². The Labute approximate surface area is 140 Å². The van der Waals surface area contributed by atoms with Crippen molar-refractivity contribution in [3.63, 3.8) is 0 Å². The molecule has 0 spiro atoms. The summed E-state index contributed by atoms with van der Waals surface area (Å²) in [6, 6.07) is 5.63. The Bertz CT molecular complexity index is 733. The first kappa shape index (κ1) is 17.6. The molecule has 0 saturated heterocycles. The van der Waals surface area contributed by atoms with E-state index < -0.39 is 17.6 Å². The topological polar surface area (TPSA) is 165 Å². The molecule has 2 rings (SSSR count). The van der Waals surface area contributed by atoms with Crippen molar-refractivity contribution >= 4 is 33.7 Å². The highest BCUT2D eigenvalue weighted by molar-refractivity contribution is 7.11. The molecule has 0 aliphatic heterocycles. The molecule has 1 unspecified atom stereocenters. The molecule has 0 radical (unpaired) electrons. The first-order valence-electron chi connectivity index (χ1n) is 6.74. The molecule has 1 atom stereocenters.